The molecule has 1 aliphatic heterocycles. The first-order valence-electron chi connectivity index (χ1n) is 10.3. The first-order valence-corrected chi connectivity index (χ1v) is 12.1. The standard InChI is InChI=1S/C23H30N2O4S/c1-4-25(21-12-13-30(27,28)16-21)23(26)17(2)24-20-10-11-22(29-3)19(15-20)14-18-8-6-5-7-9-18/h5-11,15,17,21,24H,4,12-14,16H2,1-3H3. The van der Waals surface area contributed by atoms with E-state index >= 15 is 0 Å². The molecule has 1 amide bonds. The number of nitrogens with one attached hydrogen (secondary N) is 1. The van der Waals surface area contributed by atoms with E-state index in [-0.39, 0.29) is 23.5 Å². The van der Waals surface area contributed by atoms with Crippen LogP contribution in [0.4, 0.5) is 5.69 Å². The summed E-state index contributed by atoms with van der Waals surface area (Å²) in [6.45, 7) is 4.20. The Morgan fingerprint density at radius 1 is 1.23 bits per heavy atom. The lowest BCUT2D eigenvalue weighted by Gasteiger charge is -2.30. The van der Waals surface area contributed by atoms with Gasteiger partial charge in [-0.3, -0.25) is 4.79 Å². The van der Waals surface area contributed by atoms with Gasteiger partial charge in [0.2, 0.25) is 5.91 Å². The van der Waals surface area contributed by atoms with E-state index < -0.39 is 15.9 Å². The number of ether oxygens (including phenoxy) is 1. The van der Waals surface area contributed by atoms with Crippen molar-refractivity contribution >= 4 is 21.4 Å². The van der Waals surface area contributed by atoms with Gasteiger partial charge < -0.3 is 15.0 Å². The molecule has 3 rings (SSSR count). The summed E-state index contributed by atoms with van der Waals surface area (Å²) < 4.78 is 29.2. The highest BCUT2D eigenvalue weighted by Crippen LogP contribution is 2.26. The van der Waals surface area contributed by atoms with Crippen molar-refractivity contribution in [3.63, 3.8) is 0 Å². The molecule has 0 bridgehead atoms. The Kier molecular flexibility index (Phi) is 7.02. The van der Waals surface area contributed by atoms with Crippen LogP contribution in [0.15, 0.2) is 48.5 Å². The molecule has 0 aliphatic carbocycles. The van der Waals surface area contributed by atoms with Crippen molar-refractivity contribution in [2.75, 3.05) is 30.5 Å². The molecular formula is C23H30N2O4S. The largest absolute Gasteiger partial charge is 0.496 e. The van der Waals surface area contributed by atoms with Crippen molar-refractivity contribution in [3.8, 4) is 5.75 Å². The second-order valence-electron chi connectivity index (χ2n) is 7.74. The molecule has 0 aromatic heterocycles. The number of carbonyl (C=O) groups is 1. The summed E-state index contributed by atoms with van der Waals surface area (Å²) in [5, 5.41) is 3.28. The number of likely N-dealkylation sites (N-methyl/N-ethyl adjacent to an activating group) is 1. The molecule has 0 radical (unpaired) electrons. The highest BCUT2D eigenvalue weighted by molar-refractivity contribution is 7.91. The molecule has 1 aliphatic rings. The predicted octanol–water partition coefficient (Wildman–Crippen LogP) is 3.12. The molecule has 2 aromatic carbocycles. The van der Waals surface area contributed by atoms with E-state index in [1.165, 1.54) is 5.56 Å². The van der Waals surface area contributed by atoms with Gasteiger partial charge in [0.1, 0.15) is 11.8 Å². The van der Waals surface area contributed by atoms with E-state index in [1.54, 1.807) is 12.0 Å². The molecule has 1 N–H and O–H groups in total. The van der Waals surface area contributed by atoms with Crippen LogP contribution in [0.5, 0.6) is 5.75 Å². The summed E-state index contributed by atoms with van der Waals surface area (Å²) in [4.78, 5) is 14.7. The van der Waals surface area contributed by atoms with Gasteiger partial charge in [-0.25, -0.2) is 8.42 Å². The van der Waals surface area contributed by atoms with Gasteiger partial charge >= 0.3 is 0 Å². The van der Waals surface area contributed by atoms with Crippen LogP contribution >= 0.6 is 0 Å². The van der Waals surface area contributed by atoms with Crippen LogP contribution in [0.3, 0.4) is 0 Å². The van der Waals surface area contributed by atoms with E-state index in [0.717, 1.165) is 23.4 Å². The van der Waals surface area contributed by atoms with Gasteiger partial charge in [-0.2, -0.15) is 0 Å². The van der Waals surface area contributed by atoms with Crippen molar-refractivity contribution in [2.45, 2.75) is 38.8 Å². The van der Waals surface area contributed by atoms with Crippen molar-refractivity contribution in [2.24, 2.45) is 0 Å². The van der Waals surface area contributed by atoms with E-state index in [4.69, 9.17) is 4.74 Å². The predicted molar refractivity (Wildman–Crippen MR) is 120 cm³/mol. The minimum atomic E-state index is -3.04. The fourth-order valence-corrected chi connectivity index (χ4v) is 5.73. The maximum atomic E-state index is 13.0. The van der Waals surface area contributed by atoms with Crippen molar-refractivity contribution in [3.05, 3.63) is 59.7 Å². The molecule has 6 nitrogen and oxygen atoms in total. The number of anilines is 1. The van der Waals surface area contributed by atoms with Crippen LogP contribution in [-0.2, 0) is 21.1 Å². The van der Waals surface area contributed by atoms with Gasteiger partial charge in [-0.05, 0) is 44.0 Å². The van der Waals surface area contributed by atoms with E-state index in [1.807, 2.05) is 50.2 Å². The molecule has 162 valence electrons. The highest BCUT2D eigenvalue weighted by atomic mass is 32.2. The van der Waals surface area contributed by atoms with Crippen LogP contribution in [0.1, 0.15) is 31.4 Å². The van der Waals surface area contributed by atoms with Crippen LogP contribution in [0.25, 0.3) is 0 Å². The summed E-state index contributed by atoms with van der Waals surface area (Å²) in [5.74, 6) is 0.933. The molecule has 0 saturated carbocycles. The van der Waals surface area contributed by atoms with Gasteiger partial charge in [-0.15, -0.1) is 0 Å². The van der Waals surface area contributed by atoms with Crippen LogP contribution in [0, 0.1) is 0 Å². The van der Waals surface area contributed by atoms with Crippen LogP contribution < -0.4 is 10.1 Å². The zero-order valence-electron chi connectivity index (χ0n) is 17.8. The van der Waals surface area contributed by atoms with E-state index in [0.29, 0.717) is 13.0 Å². The SMILES string of the molecule is CCN(C(=O)C(C)Nc1ccc(OC)c(Cc2ccccc2)c1)C1CCS(=O)(=O)C1. The zero-order valence-corrected chi connectivity index (χ0v) is 18.6. The summed E-state index contributed by atoms with van der Waals surface area (Å²) in [6.07, 6.45) is 1.24. The highest BCUT2D eigenvalue weighted by Gasteiger charge is 2.35. The van der Waals surface area contributed by atoms with Gasteiger partial charge in [0.25, 0.3) is 0 Å². The second kappa shape index (κ2) is 9.51. The Morgan fingerprint density at radius 2 is 1.97 bits per heavy atom. The van der Waals surface area contributed by atoms with Crippen molar-refractivity contribution < 1.29 is 17.9 Å². The Bertz CT molecular complexity index is 976. The van der Waals surface area contributed by atoms with Gasteiger partial charge in [0.05, 0.1) is 18.6 Å². The minimum absolute atomic E-state index is 0.0586. The topological polar surface area (TPSA) is 75.7 Å². The molecule has 1 heterocycles. The lowest BCUT2D eigenvalue weighted by Crippen LogP contribution is -2.47. The first kappa shape index (κ1) is 22.2. The monoisotopic (exact) mass is 430 g/mol. The quantitative estimate of drug-likeness (QED) is 0.696. The molecular weight excluding hydrogens is 400 g/mol. The lowest BCUT2D eigenvalue weighted by molar-refractivity contribution is -0.133. The third-order valence-electron chi connectivity index (χ3n) is 5.54. The first-order chi connectivity index (χ1) is 14.3. The van der Waals surface area contributed by atoms with E-state index in [9.17, 15) is 13.2 Å². The fourth-order valence-electron chi connectivity index (χ4n) is 4.00. The molecule has 2 aromatic rings. The minimum Gasteiger partial charge on any atom is -0.496 e. The van der Waals surface area contributed by atoms with Crippen molar-refractivity contribution in [1.82, 2.24) is 4.90 Å². The van der Waals surface area contributed by atoms with Crippen LogP contribution in [0.2, 0.25) is 0 Å². The van der Waals surface area contributed by atoms with E-state index in [2.05, 4.69) is 17.4 Å². The Morgan fingerprint density at radius 3 is 2.57 bits per heavy atom. The Labute approximate surface area is 179 Å². The molecule has 2 atom stereocenters. The average molecular weight is 431 g/mol. The van der Waals surface area contributed by atoms with Crippen LogP contribution in [-0.4, -0.2) is 56.5 Å². The summed E-state index contributed by atoms with van der Waals surface area (Å²) in [6, 6.07) is 15.2. The van der Waals surface area contributed by atoms with Gasteiger partial charge in [-0.1, -0.05) is 30.3 Å². The third kappa shape index (κ3) is 5.33. The number of amides is 1. The molecule has 2 unspecified atom stereocenters. The number of rotatable bonds is 8. The number of sulfone groups is 1. The number of nitrogens with zero attached hydrogens (tertiary/aromatic N) is 1. The number of methoxy groups -OCH3 is 1. The zero-order chi connectivity index (χ0) is 21.7. The number of carbonyl (C=O) groups excluding carboxylic acids is 1. The normalized spacial score (nSPS) is 18.6. The summed E-state index contributed by atoms with van der Waals surface area (Å²) >= 11 is 0. The maximum Gasteiger partial charge on any atom is 0.245 e. The average Bonchev–Trinajstić information content (AvgIpc) is 3.09. The van der Waals surface area contributed by atoms with Gasteiger partial charge in [0, 0.05) is 30.3 Å². The number of hydrogen-bond acceptors (Lipinski definition) is 5. The van der Waals surface area contributed by atoms with Crippen molar-refractivity contribution in [1.29, 1.82) is 0 Å². The lowest BCUT2D eigenvalue weighted by atomic mass is 10.0. The molecule has 1 saturated heterocycles. The maximum absolute atomic E-state index is 13.0. The summed E-state index contributed by atoms with van der Waals surface area (Å²) in [7, 11) is -1.39. The second-order valence-corrected chi connectivity index (χ2v) is 9.96. The molecule has 0 spiro atoms. The number of benzene rings is 2. The molecule has 7 heteroatoms. The fraction of sp³-hybridized carbons (Fsp3) is 0.435. The molecule has 30 heavy (non-hydrogen) atoms. The third-order valence-corrected chi connectivity index (χ3v) is 7.29. The number of hydrogen-bond donors (Lipinski definition) is 1. The smallest absolute Gasteiger partial charge is 0.245 e. The Hall–Kier alpha value is -2.54. The molecule has 1 fully saturated rings. The van der Waals surface area contributed by atoms with Gasteiger partial charge in [0.15, 0.2) is 9.84 Å². The summed E-state index contributed by atoms with van der Waals surface area (Å²) in [5.41, 5.74) is 3.04. The Balaban J connectivity index is 1.73.